The lowest BCUT2D eigenvalue weighted by Crippen LogP contribution is -2.65. The Morgan fingerprint density at radius 3 is 2.75 bits per heavy atom. The zero-order valence-corrected chi connectivity index (χ0v) is 15.6. The van der Waals surface area contributed by atoms with Crippen molar-refractivity contribution in [1.82, 2.24) is 25.2 Å². The van der Waals surface area contributed by atoms with Gasteiger partial charge in [-0.2, -0.15) is 0 Å². The number of carbonyl (C=O) groups excluding carboxylic acids is 1. The molecule has 0 unspecified atom stereocenters. The third-order valence-corrected chi connectivity index (χ3v) is 5.62. The van der Waals surface area contributed by atoms with Crippen LogP contribution in [0.5, 0.6) is 5.75 Å². The number of hydrogen-bond donors (Lipinski definition) is 1. The fourth-order valence-corrected chi connectivity index (χ4v) is 4.02. The monoisotopic (exact) mass is 400 g/mol. The molecule has 144 valence electrons. The number of amides is 2. The zero-order chi connectivity index (χ0) is 19.1. The normalized spacial score (nSPS) is 17.3. The molecule has 0 atom stereocenters. The van der Waals surface area contributed by atoms with Crippen LogP contribution in [0, 0.1) is 5.82 Å². The van der Waals surface area contributed by atoms with Gasteiger partial charge in [0.2, 0.25) is 5.95 Å². The minimum atomic E-state index is -0.349. The Labute approximate surface area is 164 Å². The van der Waals surface area contributed by atoms with Crippen molar-refractivity contribution in [3.63, 3.8) is 0 Å². The molecule has 0 saturated carbocycles. The smallest absolute Gasteiger partial charge is 0.317 e. The Kier molecular flexibility index (Phi) is 4.19. The zero-order valence-electron chi connectivity index (χ0n) is 14.8. The van der Waals surface area contributed by atoms with Crippen LogP contribution in [0.25, 0.3) is 10.2 Å². The number of fused-ring (bicyclic) bond motifs is 1. The van der Waals surface area contributed by atoms with Crippen molar-refractivity contribution in [2.75, 3.05) is 31.1 Å². The predicted octanol–water partition coefficient (Wildman–Crippen LogP) is 1.89. The van der Waals surface area contributed by atoms with Crippen molar-refractivity contribution < 1.29 is 13.9 Å². The molecule has 3 aromatic rings. The molecule has 2 amide bonds. The van der Waals surface area contributed by atoms with Crippen molar-refractivity contribution in [3.05, 3.63) is 41.9 Å². The molecule has 0 bridgehead atoms. The van der Waals surface area contributed by atoms with Gasteiger partial charge in [-0.25, -0.2) is 24.1 Å². The summed E-state index contributed by atoms with van der Waals surface area (Å²) >= 11 is 1.37. The number of nitrogens with zero attached hydrogens (tertiary/aromatic N) is 5. The van der Waals surface area contributed by atoms with Gasteiger partial charge in [0.25, 0.3) is 0 Å². The van der Waals surface area contributed by atoms with Crippen molar-refractivity contribution >= 4 is 33.5 Å². The Hall–Kier alpha value is -3.01. The van der Waals surface area contributed by atoms with Crippen LogP contribution in [-0.4, -0.2) is 64.2 Å². The van der Waals surface area contributed by atoms with Gasteiger partial charge in [-0.1, -0.05) is 0 Å². The summed E-state index contributed by atoms with van der Waals surface area (Å²) in [7, 11) is 0. The average Bonchev–Trinajstić information content (AvgIpc) is 3.09. The summed E-state index contributed by atoms with van der Waals surface area (Å²) in [6, 6.07) is 4.53. The topological polar surface area (TPSA) is 83.5 Å². The summed E-state index contributed by atoms with van der Waals surface area (Å²) in [6.45, 7) is 2.31. The largest absolute Gasteiger partial charge is 0.484 e. The highest BCUT2D eigenvalue weighted by Crippen LogP contribution is 2.30. The summed E-state index contributed by atoms with van der Waals surface area (Å²) in [5, 5.41) is 3.00. The number of hydrogen-bond acceptors (Lipinski definition) is 7. The molecule has 10 heteroatoms. The molecule has 8 nitrogen and oxygen atoms in total. The molecular formula is C18H17FN6O2S. The maximum absolute atomic E-state index is 13.7. The summed E-state index contributed by atoms with van der Waals surface area (Å²) in [4.78, 5) is 28.7. The van der Waals surface area contributed by atoms with Crippen molar-refractivity contribution in [2.45, 2.75) is 12.1 Å². The Balaban J connectivity index is 1.10. The molecule has 2 saturated heterocycles. The van der Waals surface area contributed by atoms with Gasteiger partial charge in [-0.15, -0.1) is 11.3 Å². The van der Waals surface area contributed by atoms with Crippen LogP contribution < -0.4 is 15.0 Å². The quantitative estimate of drug-likeness (QED) is 0.720. The number of halogens is 1. The molecule has 0 aliphatic carbocycles. The number of urea groups is 1. The van der Waals surface area contributed by atoms with E-state index in [1.54, 1.807) is 28.9 Å². The molecule has 2 aliphatic rings. The lowest BCUT2D eigenvalue weighted by atomic mass is 10.1. The fraction of sp³-hybridized carbons (Fsp3) is 0.333. The molecule has 28 heavy (non-hydrogen) atoms. The van der Waals surface area contributed by atoms with Crippen LogP contribution in [0.3, 0.4) is 0 Å². The first kappa shape index (κ1) is 17.1. The highest BCUT2D eigenvalue weighted by molar-refractivity contribution is 7.16. The number of thiazole rings is 1. The summed E-state index contributed by atoms with van der Waals surface area (Å²) in [6.07, 6.45) is 3.24. The second kappa shape index (κ2) is 6.86. The highest BCUT2D eigenvalue weighted by Gasteiger charge is 2.36. The standard InChI is InChI=1S/C18H17FN6O2S/c19-11-4-14(16-15(5-11)28-10-22-16)27-13-8-25(9-13)18(26)23-12-6-24(7-12)17-20-2-1-3-21-17/h1-5,10,12-13H,6-9H2,(H,23,26). The third kappa shape index (κ3) is 3.19. The molecule has 0 radical (unpaired) electrons. The van der Waals surface area contributed by atoms with Crippen LogP contribution in [0.2, 0.25) is 0 Å². The maximum Gasteiger partial charge on any atom is 0.317 e. The van der Waals surface area contributed by atoms with E-state index in [0.717, 1.165) is 4.70 Å². The molecule has 5 rings (SSSR count). The maximum atomic E-state index is 13.7. The SMILES string of the molecule is O=C(NC1CN(c2ncccn2)C1)N1CC(Oc2cc(F)cc3scnc23)C1. The minimum Gasteiger partial charge on any atom is -0.484 e. The van der Waals surface area contributed by atoms with E-state index in [2.05, 4.69) is 20.3 Å². The average molecular weight is 400 g/mol. The minimum absolute atomic E-state index is 0.0779. The van der Waals surface area contributed by atoms with Crippen LogP contribution in [0.1, 0.15) is 0 Å². The molecule has 4 heterocycles. The van der Waals surface area contributed by atoms with Crippen LogP contribution in [-0.2, 0) is 0 Å². The van der Waals surface area contributed by atoms with Crippen molar-refractivity contribution in [2.24, 2.45) is 0 Å². The van der Waals surface area contributed by atoms with Gasteiger partial charge in [-0.05, 0) is 12.1 Å². The van der Waals surface area contributed by atoms with E-state index in [-0.39, 0.29) is 24.0 Å². The van der Waals surface area contributed by atoms with Gasteiger partial charge < -0.3 is 19.9 Å². The van der Waals surface area contributed by atoms with Gasteiger partial charge in [0.15, 0.2) is 0 Å². The molecular weight excluding hydrogens is 383 g/mol. The van der Waals surface area contributed by atoms with E-state index in [0.29, 0.717) is 43.4 Å². The lowest BCUT2D eigenvalue weighted by molar-refractivity contribution is 0.0438. The first-order valence-electron chi connectivity index (χ1n) is 8.92. The van der Waals surface area contributed by atoms with Gasteiger partial charge in [0.1, 0.15) is 23.2 Å². The second-order valence-electron chi connectivity index (χ2n) is 6.85. The van der Waals surface area contributed by atoms with Gasteiger partial charge in [0, 0.05) is 31.5 Å². The highest BCUT2D eigenvalue weighted by atomic mass is 32.1. The van der Waals surface area contributed by atoms with E-state index < -0.39 is 0 Å². The predicted molar refractivity (Wildman–Crippen MR) is 102 cm³/mol. The van der Waals surface area contributed by atoms with Gasteiger partial charge >= 0.3 is 6.03 Å². The number of likely N-dealkylation sites (tertiary alicyclic amines) is 1. The van der Waals surface area contributed by atoms with E-state index in [4.69, 9.17) is 4.74 Å². The molecule has 1 aromatic carbocycles. The molecule has 1 N–H and O–H groups in total. The molecule has 2 fully saturated rings. The third-order valence-electron chi connectivity index (χ3n) is 4.84. The van der Waals surface area contributed by atoms with E-state index in [1.807, 2.05) is 4.90 Å². The van der Waals surface area contributed by atoms with E-state index in [1.165, 1.54) is 23.5 Å². The van der Waals surface area contributed by atoms with Crippen LogP contribution >= 0.6 is 11.3 Å². The van der Waals surface area contributed by atoms with E-state index >= 15 is 0 Å². The molecule has 0 spiro atoms. The number of rotatable bonds is 4. The van der Waals surface area contributed by atoms with Crippen LogP contribution in [0.15, 0.2) is 36.1 Å². The fourth-order valence-electron chi connectivity index (χ4n) is 3.30. The second-order valence-corrected chi connectivity index (χ2v) is 7.73. The number of ether oxygens (including phenoxy) is 1. The molecule has 2 aromatic heterocycles. The Morgan fingerprint density at radius 1 is 1.18 bits per heavy atom. The number of aromatic nitrogens is 3. The van der Waals surface area contributed by atoms with Gasteiger partial charge in [0.05, 0.1) is 29.3 Å². The van der Waals surface area contributed by atoms with Crippen LogP contribution in [0.4, 0.5) is 15.1 Å². The summed E-state index contributed by atoms with van der Waals surface area (Å²) in [5.41, 5.74) is 2.33. The Bertz CT molecular complexity index is 1000. The number of nitrogens with one attached hydrogen (secondary N) is 1. The first-order valence-corrected chi connectivity index (χ1v) is 9.80. The number of anilines is 1. The lowest BCUT2D eigenvalue weighted by Gasteiger charge is -2.43. The summed E-state index contributed by atoms with van der Waals surface area (Å²) < 4.78 is 20.3. The Morgan fingerprint density at radius 2 is 1.96 bits per heavy atom. The van der Waals surface area contributed by atoms with Crippen molar-refractivity contribution in [1.29, 1.82) is 0 Å². The number of benzene rings is 1. The van der Waals surface area contributed by atoms with Gasteiger partial charge in [-0.3, -0.25) is 0 Å². The summed E-state index contributed by atoms with van der Waals surface area (Å²) in [5.74, 6) is 0.755. The number of carbonyl (C=O) groups is 1. The van der Waals surface area contributed by atoms with Crippen molar-refractivity contribution in [3.8, 4) is 5.75 Å². The first-order chi connectivity index (χ1) is 13.7. The molecule has 2 aliphatic heterocycles. The van der Waals surface area contributed by atoms with E-state index in [9.17, 15) is 9.18 Å².